The fourth-order valence-corrected chi connectivity index (χ4v) is 2.19. The van der Waals surface area contributed by atoms with Gasteiger partial charge in [-0.25, -0.2) is 0 Å². The first-order chi connectivity index (χ1) is 5.67. The monoisotopic (exact) mass is 170 g/mol. The summed E-state index contributed by atoms with van der Waals surface area (Å²) in [6, 6.07) is 0. The maximum atomic E-state index is 9.24. The third-order valence-corrected chi connectivity index (χ3v) is 3.37. The van der Waals surface area contributed by atoms with E-state index >= 15 is 0 Å². The first kappa shape index (κ1) is 10.0. The van der Waals surface area contributed by atoms with Crippen LogP contribution in [0.1, 0.15) is 52.4 Å². The maximum absolute atomic E-state index is 9.24. The molecule has 12 heavy (non-hydrogen) atoms. The predicted octanol–water partition coefficient (Wildman–Crippen LogP) is 2.98. The highest BCUT2D eigenvalue weighted by Crippen LogP contribution is 2.36. The van der Waals surface area contributed by atoms with Crippen molar-refractivity contribution in [2.24, 2.45) is 11.3 Å². The summed E-state index contributed by atoms with van der Waals surface area (Å²) in [6.07, 6.45) is 8.19. The Morgan fingerprint density at radius 3 is 2.00 bits per heavy atom. The van der Waals surface area contributed by atoms with Gasteiger partial charge in [0.05, 0.1) is 0 Å². The van der Waals surface area contributed by atoms with Gasteiger partial charge in [-0.2, -0.15) is 0 Å². The van der Waals surface area contributed by atoms with Crippen LogP contribution in [-0.4, -0.2) is 11.7 Å². The molecular formula is C11H22O. The largest absolute Gasteiger partial charge is 0.396 e. The Kier molecular flexibility index (Phi) is 3.57. The van der Waals surface area contributed by atoms with Crippen molar-refractivity contribution in [2.75, 3.05) is 6.61 Å². The van der Waals surface area contributed by atoms with E-state index in [1.54, 1.807) is 0 Å². The second kappa shape index (κ2) is 4.27. The summed E-state index contributed by atoms with van der Waals surface area (Å²) in [5.74, 6) is 0.755. The molecule has 0 unspecified atom stereocenters. The zero-order valence-electron chi connectivity index (χ0n) is 8.47. The molecule has 1 nitrogen and oxygen atoms in total. The standard InChI is InChI=1S/C11H22O/c1-11(2,9-12)10-7-5-3-4-6-8-10/h10,12H,3-9H2,1-2H3. The first-order valence-electron chi connectivity index (χ1n) is 5.27. The van der Waals surface area contributed by atoms with E-state index in [4.69, 9.17) is 0 Å². The molecule has 0 radical (unpaired) electrons. The van der Waals surface area contributed by atoms with Crippen molar-refractivity contribution in [3.63, 3.8) is 0 Å². The predicted molar refractivity (Wildman–Crippen MR) is 52.1 cm³/mol. The number of aliphatic hydroxyl groups is 1. The normalized spacial score (nSPS) is 22.2. The molecule has 0 heterocycles. The molecule has 0 atom stereocenters. The van der Waals surface area contributed by atoms with Crippen LogP contribution in [0, 0.1) is 11.3 Å². The Morgan fingerprint density at radius 1 is 1.08 bits per heavy atom. The third-order valence-electron chi connectivity index (χ3n) is 3.37. The van der Waals surface area contributed by atoms with E-state index < -0.39 is 0 Å². The van der Waals surface area contributed by atoms with Gasteiger partial charge in [0.1, 0.15) is 0 Å². The van der Waals surface area contributed by atoms with Crippen LogP contribution in [0.5, 0.6) is 0 Å². The smallest absolute Gasteiger partial charge is 0.0484 e. The highest BCUT2D eigenvalue weighted by Gasteiger charge is 2.28. The molecule has 1 heteroatoms. The van der Waals surface area contributed by atoms with Crippen LogP contribution < -0.4 is 0 Å². The van der Waals surface area contributed by atoms with Crippen molar-refractivity contribution in [3.8, 4) is 0 Å². The molecule has 1 saturated carbocycles. The van der Waals surface area contributed by atoms with Crippen molar-refractivity contribution in [3.05, 3.63) is 0 Å². The topological polar surface area (TPSA) is 20.2 Å². The fourth-order valence-electron chi connectivity index (χ4n) is 2.19. The highest BCUT2D eigenvalue weighted by atomic mass is 16.3. The number of hydrogen-bond donors (Lipinski definition) is 1. The lowest BCUT2D eigenvalue weighted by molar-refractivity contribution is 0.0868. The third kappa shape index (κ3) is 2.48. The lowest BCUT2D eigenvalue weighted by atomic mass is 9.75. The zero-order valence-corrected chi connectivity index (χ0v) is 8.47. The molecule has 0 aromatic rings. The van der Waals surface area contributed by atoms with Gasteiger partial charge in [-0.05, 0) is 24.2 Å². The number of hydrogen-bond acceptors (Lipinski definition) is 1. The van der Waals surface area contributed by atoms with Crippen LogP contribution in [0.15, 0.2) is 0 Å². The van der Waals surface area contributed by atoms with Crippen molar-refractivity contribution in [1.29, 1.82) is 0 Å². The molecule has 0 amide bonds. The van der Waals surface area contributed by atoms with Crippen molar-refractivity contribution < 1.29 is 5.11 Å². The van der Waals surface area contributed by atoms with E-state index in [0.717, 1.165) is 5.92 Å². The van der Waals surface area contributed by atoms with E-state index in [1.165, 1.54) is 38.5 Å². The van der Waals surface area contributed by atoms with E-state index in [1.807, 2.05) is 0 Å². The van der Waals surface area contributed by atoms with Crippen LogP contribution in [0.2, 0.25) is 0 Å². The Morgan fingerprint density at radius 2 is 1.58 bits per heavy atom. The molecule has 1 N–H and O–H groups in total. The maximum Gasteiger partial charge on any atom is 0.0484 e. The van der Waals surface area contributed by atoms with E-state index in [0.29, 0.717) is 6.61 Å². The molecule has 0 aliphatic heterocycles. The summed E-state index contributed by atoms with van der Waals surface area (Å²) in [4.78, 5) is 0. The average Bonchev–Trinajstić information content (AvgIpc) is 2.32. The van der Waals surface area contributed by atoms with E-state index in [9.17, 15) is 5.11 Å². The van der Waals surface area contributed by atoms with E-state index in [-0.39, 0.29) is 5.41 Å². The summed E-state index contributed by atoms with van der Waals surface area (Å²) in [6.45, 7) is 4.74. The quantitative estimate of drug-likeness (QED) is 0.632. The van der Waals surface area contributed by atoms with Gasteiger partial charge in [-0.15, -0.1) is 0 Å². The van der Waals surface area contributed by atoms with Crippen LogP contribution >= 0.6 is 0 Å². The van der Waals surface area contributed by atoms with Gasteiger partial charge >= 0.3 is 0 Å². The molecule has 0 saturated heterocycles. The summed E-state index contributed by atoms with van der Waals surface area (Å²) in [7, 11) is 0. The molecule has 1 rings (SSSR count). The Hall–Kier alpha value is -0.0400. The molecule has 72 valence electrons. The van der Waals surface area contributed by atoms with Crippen LogP contribution in [0.3, 0.4) is 0 Å². The first-order valence-corrected chi connectivity index (χ1v) is 5.27. The summed E-state index contributed by atoms with van der Waals surface area (Å²) in [5, 5.41) is 9.24. The van der Waals surface area contributed by atoms with Crippen LogP contribution in [0.4, 0.5) is 0 Å². The van der Waals surface area contributed by atoms with E-state index in [2.05, 4.69) is 13.8 Å². The summed E-state index contributed by atoms with van der Waals surface area (Å²) < 4.78 is 0. The Balaban J connectivity index is 2.47. The SMILES string of the molecule is CC(C)(CO)C1CCCCCC1. The van der Waals surface area contributed by atoms with Gasteiger partial charge in [0, 0.05) is 6.61 Å². The molecule has 0 aromatic carbocycles. The molecule has 0 aromatic heterocycles. The lowest BCUT2D eigenvalue weighted by Gasteiger charge is -2.31. The minimum Gasteiger partial charge on any atom is -0.396 e. The van der Waals surface area contributed by atoms with Crippen LogP contribution in [-0.2, 0) is 0 Å². The molecule has 1 aliphatic carbocycles. The molecule has 0 bridgehead atoms. The second-order valence-corrected chi connectivity index (χ2v) is 4.84. The Labute approximate surface area is 76.2 Å². The number of rotatable bonds is 2. The highest BCUT2D eigenvalue weighted by molar-refractivity contribution is 4.79. The summed E-state index contributed by atoms with van der Waals surface area (Å²) in [5.41, 5.74) is 0.157. The fraction of sp³-hybridized carbons (Fsp3) is 1.00. The molecule has 1 aliphatic rings. The molecule has 0 spiro atoms. The van der Waals surface area contributed by atoms with Crippen molar-refractivity contribution >= 4 is 0 Å². The average molecular weight is 170 g/mol. The van der Waals surface area contributed by atoms with Gasteiger partial charge in [0.25, 0.3) is 0 Å². The minimum absolute atomic E-state index is 0.157. The zero-order chi connectivity index (χ0) is 9.03. The summed E-state index contributed by atoms with van der Waals surface area (Å²) >= 11 is 0. The lowest BCUT2D eigenvalue weighted by Crippen LogP contribution is -2.27. The minimum atomic E-state index is 0.157. The Bertz CT molecular complexity index is 121. The number of aliphatic hydroxyl groups excluding tert-OH is 1. The van der Waals surface area contributed by atoms with Gasteiger partial charge in [-0.3, -0.25) is 0 Å². The molecular weight excluding hydrogens is 148 g/mol. The van der Waals surface area contributed by atoms with Crippen molar-refractivity contribution in [1.82, 2.24) is 0 Å². The second-order valence-electron chi connectivity index (χ2n) is 4.84. The van der Waals surface area contributed by atoms with Gasteiger partial charge < -0.3 is 5.11 Å². The van der Waals surface area contributed by atoms with Crippen molar-refractivity contribution in [2.45, 2.75) is 52.4 Å². The van der Waals surface area contributed by atoms with Gasteiger partial charge in [-0.1, -0.05) is 39.5 Å². The van der Waals surface area contributed by atoms with Crippen LogP contribution in [0.25, 0.3) is 0 Å². The van der Waals surface area contributed by atoms with Gasteiger partial charge in [0.15, 0.2) is 0 Å². The van der Waals surface area contributed by atoms with Gasteiger partial charge in [0.2, 0.25) is 0 Å². The molecule has 1 fully saturated rings.